The lowest BCUT2D eigenvalue weighted by atomic mass is 10.1. The van der Waals surface area contributed by atoms with Crippen molar-refractivity contribution in [2.75, 3.05) is 32.7 Å². The number of guanidine groups is 1. The van der Waals surface area contributed by atoms with Crippen LogP contribution in [0.25, 0.3) is 0 Å². The molecule has 1 aliphatic rings. The largest absolute Gasteiger partial charge is 0.357 e. The number of hydrogen-bond donors (Lipinski definition) is 2. The maximum Gasteiger partial charge on any atom is 0.191 e. The summed E-state index contributed by atoms with van der Waals surface area (Å²) in [7, 11) is 0. The molecule has 1 aromatic rings. The predicted octanol–water partition coefficient (Wildman–Crippen LogP) is 2.86. The van der Waals surface area contributed by atoms with Crippen LogP contribution in [-0.2, 0) is 6.54 Å². The molecule has 2 N–H and O–H groups in total. The minimum Gasteiger partial charge on any atom is -0.357 e. The van der Waals surface area contributed by atoms with Crippen molar-refractivity contribution in [3.05, 3.63) is 16.1 Å². The molecule has 2 heterocycles. The van der Waals surface area contributed by atoms with E-state index >= 15 is 0 Å². The highest BCUT2D eigenvalue weighted by atomic mass is 127. The zero-order valence-corrected chi connectivity index (χ0v) is 17.6. The molecule has 1 saturated heterocycles. The van der Waals surface area contributed by atoms with Crippen molar-refractivity contribution in [1.82, 2.24) is 20.5 Å². The van der Waals surface area contributed by atoms with Gasteiger partial charge in [-0.1, -0.05) is 6.92 Å². The molecule has 0 aromatic carbocycles. The van der Waals surface area contributed by atoms with E-state index < -0.39 is 0 Å². The Kier molecular flexibility index (Phi) is 10.0. The number of halogens is 1. The Bertz CT molecular complexity index is 477. The molecule has 0 bridgehead atoms. The van der Waals surface area contributed by atoms with Gasteiger partial charge in [0.1, 0.15) is 5.01 Å². The normalized spacial score (nSPS) is 18.7. The number of aliphatic imine (C=N–C) groups is 1. The third kappa shape index (κ3) is 7.34. The number of aromatic nitrogens is 1. The lowest BCUT2D eigenvalue weighted by Gasteiger charge is -2.16. The van der Waals surface area contributed by atoms with Gasteiger partial charge in [0, 0.05) is 30.7 Å². The van der Waals surface area contributed by atoms with Crippen molar-refractivity contribution >= 4 is 41.3 Å². The van der Waals surface area contributed by atoms with Gasteiger partial charge in [-0.3, -0.25) is 0 Å². The van der Waals surface area contributed by atoms with Crippen LogP contribution in [0.2, 0.25) is 0 Å². The first-order valence-electron chi connectivity index (χ1n) is 8.37. The summed E-state index contributed by atoms with van der Waals surface area (Å²) in [6.45, 7) is 12.7. The molecule has 1 fully saturated rings. The second-order valence-electron chi connectivity index (χ2n) is 5.90. The van der Waals surface area contributed by atoms with E-state index in [1.165, 1.54) is 37.4 Å². The Morgan fingerprint density at radius 3 is 2.91 bits per heavy atom. The number of rotatable bonds is 7. The summed E-state index contributed by atoms with van der Waals surface area (Å²) in [4.78, 5) is 12.8. The van der Waals surface area contributed by atoms with Crippen LogP contribution >= 0.6 is 35.3 Å². The Labute approximate surface area is 161 Å². The van der Waals surface area contributed by atoms with E-state index in [1.54, 1.807) is 11.3 Å². The van der Waals surface area contributed by atoms with Crippen molar-refractivity contribution in [3.63, 3.8) is 0 Å². The minimum atomic E-state index is 0. The Hall–Kier alpha value is -0.410. The van der Waals surface area contributed by atoms with Crippen molar-refractivity contribution in [2.24, 2.45) is 10.9 Å². The molecule has 1 unspecified atom stereocenters. The zero-order chi connectivity index (χ0) is 15.8. The molecule has 0 radical (unpaired) electrons. The molecule has 0 amide bonds. The van der Waals surface area contributed by atoms with E-state index in [9.17, 15) is 0 Å². The van der Waals surface area contributed by atoms with Gasteiger partial charge in [-0.05, 0) is 45.7 Å². The first-order valence-corrected chi connectivity index (χ1v) is 9.18. The van der Waals surface area contributed by atoms with Gasteiger partial charge in [0.25, 0.3) is 0 Å². The summed E-state index contributed by atoms with van der Waals surface area (Å²) in [6.07, 6.45) is 4.45. The minimum absolute atomic E-state index is 0. The van der Waals surface area contributed by atoms with Crippen molar-refractivity contribution in [1.29, 1.82) is 0 Å². The van der Waals surface area contributed by atoms with Crippen molar-refractivity contribution < 1.29 is 0 Å². The van der Waals surface area contributed by atoms with Crippen LogP contribution in [0, 0.1) is 12.8 Å². The van der Waals surface area contributed by atoms with Crippen molar-refractivity contribution in [3.8, 4) is 0 Å². The lowest BCUT2D eigenvalue weighted by molar-refractivity contribution is 0.324. The molecule has 132 valence electrons. The molecule has 1 atom stereocenters. The van der Waals surface area contributed by atoms with E-state index in [-0.39, 0.29) is 24.0 Å². The summed E-state index contributed by atoms with van der Waals surface area (Å²) in [5, 5.41) is 7.89. The molecular weight excluding hydrogens is 421 g/mol. The highest BCUT2D eigenvalue weighted by Crippen LogP contribution is 2.15. The second kappa shape index (κ2) is 11.2. The first kappa shape index (κ1) is 20.6. The van der Waals surface area contributed by atoms with Gasteiger partial charge < -0.3 is 15.5 Å². The number of hydrogen-bond acceptors (Lipinski definition) is 4. The van der Waals surface area contributed by atoms with E-state index in [2.05, 4.69) is 46.3 Å². The molecule has 1 aromatic heterocycles. The SMILES string of the molecule is CCCN1CCC(CNC(=NCc2ncc(C)s2)NCC)C1.I. The van der Waals surface area contributed by atoms with Gasteiger partial charge in [-0.2, -0.15) is 0 Å². The summed E-state index contributed by atoms with van der Waals surface area (Å²) >= 11 is 1.72. The van der Waals surface area contributed by atoms with Crippen LogP contribution in [0.15, 0.2) is 11.2 Å². The topological polar surface area (TPSA) is 52.5 Å². The van der Waals surface area contributed by atoms with Gasteiger partial charge in [0.2, 0.25) is 0 Å². The fraction of sp³-hybridized carbons (Fsp3) is 0.750. The Balaban J connectivity index is 0.00000264. The average Bonchev–Trinajstić information content (AvgIpc) is 3.11. The monoisotopic (exact) mass is 451 g/mol. The second-order valence-corrected chi connectivity index (χ2v) is 7.22. The third-order valence-electron chi connectivity index (χ3n) is 3.85. The van der Waals surface area contributed by atoms with Gasteiger partial charge in [-0.15, -0.1) is 35.3 Å². The number of nitrogens with zero attached hydrogens (tertiary/aromatic N) is 3. The highest BCUT2D eigenvalue weighted by Gasteiger charge is 2.21. The van der Waals surface area contributed by atoms with Crippen LogP contribution in [-0.4, -0.2) is 48.6 Å². The van der Waals surface area contributed by atoms with E-state index in [1.807, 2.05) is 6.20 Å². The number of likely N-dealkylation sites (tertiary alicyclic amines) is 1. The number of aryl methyl sites for hydroxylation is 1. The maximum atomic E-state index is 4.64. The summed E-state index contributed by atoms with van der Waals surface area (Å²) < 4.78 is 0. The molecule has 0 spiro atoms. The number of nitrogens with one attached hydrogen (secondary N) is 2. The fourth-order valence-corrected chi connectivity index (χ4v) is 3.51. The third-order valence-corrected chi connectivity index (χ3v) is 4.75. The molecular formula is C16H30IN5S. The van der Waals surface area contributed by atoms with Gasteiger partial charge in [0.15, 0.2) is 5.96 Å². The fourth-order valence-electron chi connectivity index (χ4n) is 2.80. The average molecular weight is 451 g/mol. The Morgan fingerprint density at radius 2 is 2.26 bits per heavy atom. The van der Waals surface area contributed by atoms with Gasteiger partial charge in [0.05, 0.1) is 6.54 Å². The lowest BCUT2D eigenvalue weighted by Crippen LogP contribution is -2.40. The molecule has 2 rings (SSSR count). The molecule has 1 aliphatic heterocycles. The highest BCUT2D eigenvalue weighted by molar-refractivity contribution is 14.0. The summed E-state index contributed by atoms with van der Waals surface area (Å²) in [5.41, 5.74) is 0. The zero-order valence-electron chi connectivity index (χ0n) is 14.5. The van der Waals surface area contributed by atoms with Crippen LogP contribution in [0.3, 0.4) is 0 Å². The smallest absolute Gasteiger partial charge is 0.191 e. The quantitative estimate of drug-likeness (QED) is 0.381. The summed E-state index contributed by atoms with van der Waals surface area (Å²) in [6, 6.07) is 0. The van der Waals surface area contributed by atoms with Crippen LogP contribution in [0.1, 0.15) is 36.6 Å². The van der Waals surface area contributed by atoms with E-state index in [0.717, 1.165) is 30.0 Å². The van der Waals surface area contributed by atoms with E-state index in [4.69, 9.17) is 0 Å². The van der Waals surface area contributed by atoms with Crippen LogP contribution in [0.5, 0.6) is 0 Å². The molecule has 5 nitrogen and oxygen atoms in total. The van der Waals surface area contributed by atoms with E-state index in [0.29, 0.717) is 6.54 Å². The molecule has 7 heteroatoms. The molecule has 0 saturated carbocycles. The standard InChI is InChI=1S/C16H29N5S.HI/c1-4-7-21-8-6-14(12-21)10-19-16(17-5-2)20-11-15-18-9-13(3)22-15;/h9,14H,4-8,10-12H2,1-3H3,(H2,17,19,20);1H. The maximum absolute atomic E-state index is 4.64. The summed E-state index contributed by atoms with van der Waals surface area (Å²) in [5.74, 6) is 1.64. The van der Waals surface area contributed by atoms with Crippen molar-refractivity contribution in [2.45, 2.75) is 40.2 Å². The number of thiazole rings is 1. The van der Waals surface area contributed by atoms with Crippen LogP contribution < -0.4 is 10.6 Å². The Morgan fingerprint density at radius 1 is 1.43 bits per heavy atom. The van der Waals surface area contributed by atoms with Gasteiger partial charge >= 0.3 is 0 Å². The van der Waals surface area contributed by atoms with Gasteiger partial charge in [-0.25, -0.2) is 9.98 Å². The predicted molar refractivity (Wildman–Crippen MR) is 110 cm³/mol. The van der Waals surface area contributed by atoms with Crippen LogP contribution in [0.4, 0.5) is 0 Å². The molecule has 0 aliphatic carbocycles. The first-order chi connectivity index (χ1) is 10.7. The molecule has 23 heavy (non-hydrogen) atoms.